The number of nitrogens with two attached hydrogens (primary N) is 1. The van der Waals surface area contributed by atoms with Crippen LogP contribution in [-0.4, -0.2) is 42.3 Å². The van der Waals surface area contributed by atoms with Crippen LogP contribution in [0.4, 0.5) is 0 Å². The van der Waals surface area contributed by atoms with Crippen molar-refractivity contribution < 1.29 is 22.7 Å². The van der Waals surface area contributed by atoms with Crippen LogP contribution in [0.5, 0.6) is 0 Å². The summed E-state index contributed by atoms with van der Waals surface area (Å²) < 4.78 is 31.0. The first-order valence-electron chi connectivity index (χ1n) is 11.7. The molecule has 1 amide bonds. The van der Waals surface area contributed by atoms with Crippen molar-refractivity contribution in [2.75, 3.05) is 5.75 Å². The third kappa shape index (κ3) is 6.78. The van der Waals surface area contributed by atoms with E-state index in [0.717, 1.165) is 5.56 Å². The molecule has 8 nitrogen and oxygen atoms in total. The molecule has 4 aromatic rings. The second-order valence-corrected chi connectivity index (χ2v) is 10.9. The Kier molecular flexibility index (Phi) is 8.14. The molecule has 4 rings (SSSR count). The number of aryl methyl sites for hydroxylation is 1. The lowest BCUT2D eigenvalue weighted by molar-refractivity contribution is -0.123. The number of sulfone groups is 1. The number of aliphatic hydroxyl groups excluding tert-OH is 1. The van der Waals surface area contributed by atoms with Gasteiger partial charge in [0.25, 0.3) is 0 Å². The van der Waals surface area contributed by atoms with Crippen molar-refractivity contribution in [3.63, 3.8) is 0 Å². The van der Waals surface area contributed by atoms with E-state index in [1.807, 2.05) is 36.4 Å². The van der Waals surface area contributed by atoms with Crippen LogP contribution >= 0.6 is 0 Å². The number of para-hydroxylation sites is 2. The number of benzene rings is 3. The third-order valence-electron chi connectivity index (χ3n) is 5.86. The van der Waals surface area contributed by atoms with Gasteiger partial charge in [0.2, 0.25) is 11.8 Å². The predicted molar refractivity (Wildman–Crippen MR) is 138 cm³/mol. The van der Waals surface area contributed by atoms with E-state index >= 15 is 0 Å². The molecule has 0 aliphatic rings. The van der Waals surface area contributed by atoms with Crippen molar-refractivity contribution in [1.29, 1.82) is 0 Å². The average Bonchev–Trinajstić information content (AvgIpc) is 3.31. The first kappa shape index (κ1) is 25.6. The summed E-state index contributed by atoms with van der Waals surface area (Å²) in [5.41, 5.74) is 8.75. The van der Waals surface area contributed by atoms with Gasteiger partial charge in [-0.05, 0) is 36.1 Å². The molecule has 0 aliphatic carbocycles. The molecule has 0 fully saturated rings. The van der Waals surface area contributed by atoms with E-state index < -0.39 is 39.7 Å². The van der Waals surface area contributed by atoms with Crippen LogP contribution < -0.4 is 11.1 Å². The van der Waals surface area contributed by atoms with Gasteiger partial charge in [0, 0.05) is 0 Å². The molecule has 3 aromatic carbocycles. The minimum atomic E-state index is -3.64. The van der Waals surface area contributed by atoms with E-state index in [9.17, 15) is 18.3 Å². The summed E-state index contributed by atoms with van der Waals surface area (Å²) in [5, 5.41) is 13.8. The molecule has 9 heteroatoms. The van der Waals surface area contributed by atoms with Gasteiger partial charge in [0.15, 0.2) is 21.5 Å². The van der Waals surface area contributed by atoms with Crippen molar-refractivity contribution in [3.05, 3.63) is 102 Å². The maximum atomic E-state index is 12.9. The van der Waals surface area contributed by atoms with Crippen molar-refractivity contribution in [2.24, 2.45) is 5.73 Å². The Balaban J connectivity index is 1.47. The van der Waals surface area contributed by atoms with E-state index in [1.165, 1.54) is 0 Å². The van der Waals surface area contributed by atoms with Gasteiger partial charge in [-0.3, -0.25) is 4.79 Å². The fourth-order valence-corrected chi connectivity index (χ4v) is 5.51. The van der Waals surface area contributed by atoms with Gasteiger partial charge in [-0.2, -0.15) is 0 Å². The predicted octanol–water partition coefficient (Wildman–Crippen LogP) is 2.92. The first-order chi connectivity index (χ1) is 17.3. The summed E-state index contributed by atoms with van der Waals surface area (Å²) in [6.45, 7) is 0. The van der Waals surface area contributed by atoms with Gasteiger partial charge in [-0.15, -0.1) is 0 Å². The van der Waals surface area contributed by atoms with Crippen LogP contribution in [0.25, 0.3) is 11.1 Å². The first-order valence-corrected chi connectivity index (χ1v) is 13.5. The van der Waals surface area contributed by atoms with Crippen LogP contribution in [0.1, 0.15) is 29.5 Å². The SMILES string of the molecule is N[C@@H](CS(=O)(=O)Cc1ccccc1)C(=O)N[C@@H](CCc1ccccc1)C(O)c1nc2ccccc2o1. The normalized spacial score (nSPS) is 14.3. The van der Waals surface area contributed by atoms with Crippen molar-refractivity contribution in [1.82, 2.24) is 10.3 Å². The van der Waals surface area contributed by atoms with Gasteiger partial charge in [0.1, 0.15) is 5.52 Å². The minimum Gasteiger partial charge on any atom is -0.438 e. The van der Waals surface area contributed by atoms with E-state index in [1.54, 1.807) is 48.5 Å². The Bertz CT molecular complexity index is 1360. The summed E-state index contributed by atoms with van der Waals surface area (Å²) in [5.74, 6) is -1.32. The molecule has 3 atom stereocenters. The molecule has 0 bridgehead atoms. The number of carbonyl (C=O) groups excluding carboxylic acids is 1. The maximum absolute atomic E-state index is 12.9. The number of nitrogens with zero attached hydrogens (tertiary/aromatic N) is 1. The summed E-state index contributed by atoms with van der Waals surface area (Å²) in [7, 11) is -3.64. The Morgan fingerprint density at radius 1 is 0.944 bits per heavy atom. The van der Waals surface area contributed by atoms with Crippen LogP contribution in [0, 0.1) is 0 Å². The van der Waals surface area contributed by atoms with Gasteiger partial charge in [0.05, 0.1) is 23.6 Å². The molecule has 1 heterocycles. The highest BCUT2D eigenvalue weighted by Crippen LogP contribution is 2.24. The highest BCUT2D eigenvalue weighted by atomic mass is 32.2. The van der Waals surface area contributed by atoms with Crippen LogP contribution in [0.3, 0.4) is 0 Å². The molecule has 36 heavy (non-hydrogen) atoms. The number of aliphatic hydroxyl groups is 1. The zero-order chi connectivity index (χ0) is 25.5. The molecule has 0 saturated heterocycles. The number of amides is 1. The number of rotatable bonds is 11. The number of aromatic nitrogens is 1. The second kappa shape index (κ2) is 11.5. The smallest absolute Gasteiger partial charge is 0.238 e. The standard InChI is InChI=1S/C27H29N3O5S/c28-21(18-36(33,34)17-20-11-5-2-6-12-20)26(32)29-23(16-15-19-9-3-1-4-10-19)25(31)27-30-22-13-7-8-14-24(22)35-27/h1-14,21,23,25,31H,15-18,28H2,(H,29,32)/t21-,23-,25?/m0/s1. The van der Waals surface area contributed by atoms with E-state index in [0.29, 0.717) is 29.5 Å². The monoisotopic (exact) mass is 507 g/mol. The molecule has 188 valence electrons. The zero-order valence-corrected chi connectivity index (χ0v) is 20.5. The van der Waals surface area contributed by atoms with Gasteiger partial charge in [-0.1, -0.05) is 72.8 Å². The van der Waals surface area contributed by atoms with E-state index in [-0.39, 0.29) is 11.6 Å². The summed E-state index contributed by atoms with van der Waals surface area (Å²) >= 11 is 0. The fraction of sp³-hybridized carbons (Fsp3) is 0.259. The molecule has 4 N–H and O–H groups in total. The van der Waals surface area contributed by atoms with Crippen LogP contribution in [0.15, 0.2) is 89.3 Å². The van der Waals surface area contributed by atoms with E-state index in [2.05, 4.69) is 10.3 Å². The lowest BCUT2D eigenvalue weighted by atomic mass is 10.0. The Hall–Kier alpha value is -3.53. The van der Waals surface area contributed by atoms with E-state index in [4.69, 9.17) is 10.2 Å². The fourth-order valence-electron chi connectivity index (χ4n) is 3.99. The quantitative estimate of drug-likeness (QED) is 0.284. The van der Waals surface area contributed by atoms with Crippen LogP contribution in [0.2, 0.25) is 0 Å². The Labute approximate surface area is 210 Å². The largest absolute Gasteiger partial charge is 0.438 e. The second-order valence-electron chi connectivity index (χ2n) is 8.75. The minimum absolute atomic E-state index is 0.0693. The number of oxazole rings is 1. The zero-order valence-electron chi connectivity index (χ0n) is 19.7. The third-order valence-corrected chi connectivity index (χ3v) is 7.50. The number of hydrogen-bond donors (Lipinski definition) is 3. The molecule has 1 aromatic heterocycles. The average molecular weight is 508 g/mol. The molecule has 1 unspecified atom stereocenters. The van der Waals surface area contributed by atoms with Gasteiger partial charge in [-0.25, -0.2) is 13.4 Å². The maximum Gasteiger partial charge on any atom is 0.238 e. The number of hydrogen-bond acceptors (Lipinski definition) is 7. The molecule has 0 aliphatic heterocycles. The topological polar surface area (TPSA) is 136 Å². The Morgan fingerprint density at radius 2 is 1.56 bits per heavy atom. The van der Waals surface area contributed by atoms with Gasteiger partial charge < -0.3 is 20.6 Å². The molecular formula is C27H29N3O5S. The summed E-state index contributed by atoms with van der Waals surface area (Å²) in [4.78, 5) is 17.3. The highest BCUT2D eigenvalue weighted by molar-refractivity contribution is 7.90. The van der Waals surface area contributed by atoms with Crippen molar-refractivity contribution in [2.45, 2.75) is 36.8 Å². The van der Waals surface area contributed by atoms with Crippen LogP contribution in [-0.2, 0) is 26.8 Å². The van der Waals surface area contributed by atoms with Crippen molar-refractivity contribution >= 4 is 26.8 Å². The van der Waals surface area contributed by atoms with Gasteiger partial charge >= 0.3 is 0 Å². The summed E-state index contributed by atoms with van der Waals surface area (Å²) in [6, 6.07) is 23.4. The lowest BCUT2D eigenvalue weighted by Gasteiger charge is -2.24. The Morgan fingerprint density at radius 3 is 2.22 bits per heavy atom. The summed E-state index contributed by atoms with van der Waals surface area (Å²) in [6.07, 6.45) is -0.331. The molecule has 0 radical (unpaired) electrons. The number of nitrogens with one attached hydrogen (secondary N) is 1. The molecule has 0 spiro atoms. The molecular weight excluding hydrogens is 478 g/mol. The number of carbonyl (C=O) groups is 1. The number of fused-ring (bicyclic) bond motifs is 1. The highest BCUT2D eigenvalue weighted by Gasteiger charge is 2.30. The molecule has 0 saturated carbocycles. The van der Waals surface area contributed by atoms with Crippen molar-refractivity contribution in [3.8, 4) is 0 Å². The lowest BCUT2D eigenvalue weighted by Crippen LogP contribution is -2.50.